The Hall–Kier alpha value is -3.07. The first kappa shape index (κ1) is 23.2. The number of carbonyl (C=O) groups is 2. The van der Waals surface area contributed by atoms with E-state index in [0.717, 1.165) is 5.56 Å². The van der Waals surface area contributed by atoms with Gasteiger partial charge in [0.1, 0.15) is 6.10 Å². The molecule has 0 aliphatic heterocycles. The zero-order valence-electron chi connectivity index (χ0n) is 16.8. The van der Waals surface area contributed by atoms with Crippen molar-refractivity contribution in [2.45, 2.75) is 46.1 Å². The molecule has 1 heterocycles. The van der Waals surface area contributed by atoms with Crippen LogP contribution in [-0.2, 0) is 16.1 Å². The van der Waals surface area contributed by atoms with Gasteiger partial charge in [-0.2, -0.15) is 8.78 Å². The van der Waals surface area contributed by atoms with Crippen LogP contribution >= 0.6 is 0 Å². The molecule has 0 unspecified atom stereocenters. The van der Waals surface area contributed by atoms with Crippen molar-refractivity contribution in [2.24, 2.45) is 5.92 Å². The van der Waals surface area contributed by atoms with Crippen LogP contribution in [0, 0.1) is 5.92 Å². The minimum atomic E-state index is -2.98. The van der Waals surface area contributed by atoms with Gasteiger partial charge in [0.2, 0.25) is 11.8 Å². The highest BCUT2D eigenvalue weighted by molar-refractivity contribution is 5.87. The summed E-state index contributed by atoms with van der Waals surface area (Å²) in [4.78, 5) is 27.4. The molecular formula is C21H24F2N2O5. The van der Waals surface area contributed by atoms with E-state index >= 15 is 0 Å². The van der Waals surface area contributed by atoms with Gasteiger partial charge in [-0.25, -0.2) is 9.78 Å². The van der Waals surface area contributed by atoms with Gasteiger partial charge in [-0.1, -0.05) is 26.0 Å². The van der Waals surface area contributed by atoms with Gasteiger partial charge >= 0.3 is 12.6 Å². The lowest BCUT2D eigenvalue weighted by atomic mass is 10.0. The van der Waals surface area contributed by atoms with E-state index in [2.05, 4.69) is 15.0 Å². The summed E-state index contributed by atoms with van der Waals surface area (Å²) in [5.41, 5.74) is 1.45. The number of ether oxygens (including phenoxy) is 2. The molecule has 2 N–H and O–H groups in total. The van der Waals surface area contributed by atoms with Gasteiger partial charge in [0.05, 0.1) is 18.2 Å². The number of hydrogen-bond donors (Lipinski definition) is 2. The van der Waals surface area contributed by atoms with Crippen LogP contribution in [0.25, 0.3) is 0 Å². The predicted molar refractivity (Wildman–Crippen MR) is 104 cm³/mol. The number of aromatic nitrogens is 1. The summed E-state index contributed by atoms with van der Waals surface area (Å²) in [6.45, 7) is 2.47. The Labute approximate surface area is 173 Å². The number of carboxylic acid groups (broad SMARTS) is 1. The number of pyridine rings is 1. The topological polar surface area (TPSA) is 97.8 Å². The second kappa shape index (κ2) is 10.6. The molecule has 0 fully saturated rings. The average molecular weight is 422 g/mol. The molecule has 9 heteroatoms. The Morgan fingerprint density at radius 2 is 1.80 bits per heavy atom. The molecule has 1 amide bonds. The maximum atomic E-state index is 12.7. The Kier molecular flexibility index (Phi) is 8.23. The number of nitrogens with one attached hydrogen (secondary N) is 1. The van der Waals surface area contributed by atoms with E-state index in [9.17, 15) is 18.4 Å². The predicted octanol–water partition coefficient (Wildman–Crippen LogP) is 3.80. The number of alkyl halides is 2. The molecule has 0 bridgehead atoms. The number of amides is 1. The summed E-state index contributed by atoms with van der Waals surface area (Å²) >= 11 is 0. The molecule has 0 saturated heterocycles. The van der Waals surface area contributed by atoms with Gasteiger partial charge in [-0.15, -0.1) is 0 Å². The van der Waals surface area contributed by atoms with Crippen LogP contribution in [0.3, 0.4) is 0 Å². The molecule has 2 aromatic rings. The zero-order valence-corrected chi connectivity index (χ0v) is 16.8. The SMILES string of the molecule is CC(C)[C@@H](OCc1ccnc(OC(F)F)c1)C(=O)N[C@@H](C)c1ccc(C(=O)O)cc1. The summed E-state index contributed by atoms with van der Waals surface area (Å²) in [5.74, 6) is -1.73. The molecule has 1 aromatic carbocycles. The Bertz CT molecular complexity index is 859. The normalized spacial score (nSPS) is 13.2. The fourth-order valence-electron chi connectivity index (χ4n) is 2.75. The first-order valence-corrected chi connectivity index (χ1v) is 9.32. The van der Waals surface area contributed by atoms with Crippen molar-refractivity contribution in [2.75, 3.05) is 0 Å². The summed E-state index contributed by atoms with van der Waals surface area (Å²) < 4.78 is 34.7. The lowest BCUT2D eigenvalue weighted by Crippen LogP contribution is -2.40. The monoisotopic (exact) mass is 422 g/mol. The molecule has 0 saturated carbocycles. The Morgan fingerprint density at radius 3 is 2.37 bits per heavy atom. The number of rotatable bonds is 10. The van der Waals surface area contributed by atoms with Crippen molar-refractivity contribution < 1.29 is 33.0 Å². The van der Waals surface area contributed by atoms with Crippen molar-refractivity contribution in [1.82, 2.24) is 10.3 Å². The molecular weight excluding hydrogens is 398 g/mol. The quantitative estimate of drug-likeness (QED) is 0.604. The van der Waals surface area contributed by atoms with E-state index < -0.39 is 18.7 Å². The Balaban J connectivity index is 1.99. The second-order valence-corrected chi connectivity index (χ2v) is 7.01. The van der Waals surface area contributed by atoms with Gasteiger partial charge in [0.25, 0.3) is 0 Å². The highest BCUT2D eigenvalue weighted by Crippen LogP contribution is 2.18. The van der Waals surface area contributed by atoms with Gasteiger partial charge < -0.3 is 19.9 Å². The van der Waals surface area contributed by atoms with Crippen LogP contribution in [0.15, 0.2) is 42.6 Å². The van der Waals surface area contributed by atoms with Gasteiger partial charge in [-0.05, 0) is 42.2 Å². The Morgan fingerprint density at radius 1 is 1.13 bits per heavy atom. The van der Waals surface area contributed by atoms with E-state index in [1.165, 1.54) is 24.4 Å². The molecule has 0 aliphatic rings. The van der Waals surface area contributed by atoms with Crippen LogP contribution in [0.1, 0.15) is 48.3 Å². The van der Waals surface area contributed by atoms with Gasteiger partial charge in [0, 0.05) is 12.3 Å². The average Bonchev–Trinajstić information content (AvgIpc) is 2.67. The first-order chi connectivity index (χ1) is 14.2. The smallest absolute Gasteiger partial charge is 0.388 e. The van der Waals surface area contributed by atoms with Crippen LogP contribution in [0.2, 0.25) is 0 Å². The largest absolute Gasteiger partial charge is 0.478 e. The summed E-state index contributed by atoms with van der Waals surface area (Å²) in [7, 11) is 0. The number of halogens is 2. The molecule has 1 aromatic heterocycles. The number of benzene rings is 1. The van der Waals surface area contributed by atoms with Crippen LogP contribution in [-0.4, -0.2) is 34.7 Å². The second-order valence-electron chi connectivity index (χ2n) is 7.01. The number of carboxylic acids is 1. The standard InChI is InChI=1S/C21H24F2N2O5/c1-12(2)18(29-11-14-8-9-24-17(10-14)30-21(22)23)19(26)25-13(3)15-4-6-16(7-5-15)20(27)28/h4-10,12-13,18,21H,11H2,1-3H3,(H,25,26)(H,27,28)/t13-,18+/m0/s1. The number of carbonyl (C=O) groups excluding carboxylic acids is 1. The zero-order chi connectivity index (χ0) is 22.3. The summed E-state index contributed by atoms with van der Waals surface area (Å²) in [5, 5.41) is 11.8. The molecule has 7 nitrogen and oxygen atoms in total. The lowest BCUT2D eigenvalue weighted by Gasteiger charge is -2.23. The van der Waals surface area contributed by atoms with Crippen molar-refractivity contribution in [3.8, 4) is 5.88 Å². The van der Waals surface area contributed by atoms with E-state index in [-0.39, 0.29) is 35.9 Å². The highest BCUT2D eigenvalue weighted by atomic mass is 19.3. The van der Waals surface area contributed by atoms with E-state index in [4.69, 9.17) is 9.84 Å². The third-order valence-corrected chi connectivity index (χ3v) is 4.32. The third kappa shape index (κ3) is 6.77. The molecule has 0 spiro atoms. The molecule has 30 heavy (non-hydrogen) atoms. The van der Waals surface area contributed by atoms with Crippen molar-refractivity contribution in [1.29, 1.82) is 0 Å². The molecule has 162 valence electrons. The summed E-state index contributed by atoms with van der Waals surface area (Å²) in [6.07, 6.45) is 0.544. The fraction of sp³-hybridized carbons (Fsp3) is 0.381. The third-order valence-electron chi connectivity index (χ3n) is 4.32. The fourth-order valence-corrected chi connectivity index (χ4v) is 2.75. The summed E-state index contributed by atoms with van der Waals surface area (Å²) in [6, 6.07) is 8.77. The van der Waals surface area contributed by atoms with Crippen LogP contribution in [0.5, 0.6) is 5.88 Å². The molecule has 0 aliphatic carbocycles. The van der Waals surface area contributed by atoms with E-state index in [0.29, 0.717) is 5.56 Å². The number of nitrogens with zero attached hydrogens (tertiary/aromatic N) is 1. The van der Waals surface area contributed by atoms with E-state index in [1.54, 1.807) is 25.1 Å². The molecule has 2 atom stereocenters. The number of aromatic carboxylic acids is 1. The van der Waals surface area contributed by atoms with Crippen molar-refractivity contribution in [3.63, 3.8) is 0 Å². The van der Waals surface area contributed by atoms with Crippen LogP contribution in [0.4, 0.5) is 8.78 Å². The molecule has 2 rings (SSSR count). The van der Waals surface area contributed by atoms with Crippen molar-refractivity contribution >= 4 is 11.9 Å². The van der Waals surface area contributed by atoms with E-state index in [1.807, 2.05) is 13.8 Å². The molecule has 0 radical (unpaired) electrons. The van der Waals surface area contributed by atoms with Crippen LogP contribution < -0.4 is 10.1 Å². The van der Waals surface area contributed by atoms with Crippen molar-refractivity contribution in [3.05, 3.63) is 59.3 Å². The maximum Gasteiger partial charge on any atom is 0.388 e. The lowest BCUT2D eigenvalue weighted by molar-refractivity contribution is -0.137. The maximum absolute atomic E-state index is 12.7. The van der Waals surface area contributed by atoms with Gasteiger partial charge in [-0.3, -0.25) is 4.79 Å². The highest BCUT2D eigenvalue weighted by Gasteiger charge is 2.25. The minimum absolute atomic E-state index is 0.0140. The number of hydrogen-bond acceptors (Lipinski definition) is 5. The van der Waals surface area contributed by atoms with Gasteiger partial charge in [0.15, 0.2) is 0 Å². The first-order valence-electron chi connectivity index (χ1n) is 9.32. The minimum Gasteiger partial charge on any atom is -0.478 e.